The van der Waals surface area contributed by atoms with E-state index >= 15 is 0 Å². The van der Waals surface area contributed by atoms with E-state index in [1.54, 1.807) is 53.4 Å². The highest BCUT2D eigenvalue weighted by molar-refractivity contribution is 6.08. The van der Waals surface area contributed by atoms with Crippen molar-refractivity contribution in [1.82, 2.24) is 5.32 Å². The van der Waals surface area contributed by atoms with Gasteiger partial charge in [0.1, 0.15) is 12.6 Å². The van der Waals surface area contributed by atoms with Crippen LogP contribution in [0.2, 0.25) is 0 Å². The summed E-state index contributed by atoms with van der Waals surface area (Å²) in [7, 11) is 0. The number of fused-ring (bicyclic) bond motifs is 1. The van der Waals surface area contributed by atoms with Gasteiger partial charge in [-0.05, 0) is 60.8 Å². The van der Waals surface area contributed by atoms with Crippen LogP contribution in [-0.4, -0.2) is 54.0 Å². The summed E-state index contributed by atoms with van der Waals surface area (Å²) in [6.07, 6.45) is 2.33. The summed E-state index contributed by atoms with van der Waals surface area (Å²) in [5.74, 6) is -1.90. The number of nitrogens with one attached hydrogen (secondary N) is 1. The van der Waals surface area contributed by atoms with E-state index in [0.29, 0.717) is 24.2 Å². The van der Waals surface area contributed by atoms with Crippen molar-refractivity contribution in [3.8, 4) is 0 Å². The van der Waals surface area contributed by atoms with Crippen molar-refractivity contribution in [2.45, 2.75) is 37.9 Å². The number of carbonyl (C=O) groups excluding carboxylic acids is 3. The topological polar surface area (TPSA) is 159 Å². The lowest BCUT2D eigenvalue weighted by Gasteiger charge is -2.26. The molecule has 6 N–H and O–H groups in total. The molecule has 1 saturated heterocycles. The SMILES string of the molecule is NC(=O)C1Cc2ccccc2N1C(=O)[C@@H]1CCCN1.NCc1cccc(N(CC(=O)O)C(=O)c2ccccc2)c1. The smallest absolute Gasteiger partial charge is 0.323 e. The van der Waals surface area contributed by atoms with Crippen LogP contribution < -0.4 is 26.6 Å². The van der Waals surface area contributed by atoms with Gasteiger partial charge in [0, 0.05) is 29.9 Å². The minimum absolute atomic E-state index is 0.0359. The Labute approximate surface area is 232 Å². The van der Waals surface area contributed by atoms with Crippen molar-refractivity contribution in [3.05, 3.63) is 95.6 Å². The van der Waals surface area contributed by atoms with Gasteiger partial charge < -0.3 is 21.9 Å². The first-order valence-corrected chi connectivity index (χ1v) is 13.1. The molecule has 2 aliphatic heterocycles. The maximum atomic E-state index is 12.6. The fourth-order valence-electron chi connectivity index (χ4n) is 4.95. The van der Waals surface area contributed by atoms with Crippen LogP contribution >= 0.6 is 0 Å². The molecule has 3 amide bonds. The highest BCUT2D eigenvalue weighted by Gasteiger charge is 2.40. The number of carboxylic acid groups (broad SMARTS) is 1. The Kier molecular flexibility index (Phi) is 9.26. The van der Waals surface area contributed by atoms with Gasteiger partial charge in [0.15, 0.2) is 0 Å². The fourth-order valence-corrected chi connectivity index (χ4v) is 4.95. The molecule has 1 fully saturated rings. The Hall–Kier alpha value is -4.54. The molecule has 3 aromatic carbocycles. The molecule has 0 bridgehead atoms. The summed E-state index contributed by atoms with van der Waals surface area (Å²) in [6, 6.07) is 22.5. The van der Waals surface area contributed by atoms with Crippen molar-refractivity contribution in [3.63, 3.8) is 0 Å². The predicted molar refractivity (Wildman–Crippen MR) is 152 cm³/mol. The number of anilines is 2. The van der Waals surface area contributed by atoms with E-state index in [1.807, 2.05) is 30.3 Å². The van der Waals surface area contributed by atoms with Gasteiger partial charge >= 0.3 is 5.97 Å². The minimum atomic E-state index is -1.07. The summed E-state index contributed by atoms with van der Waals surface area (Å²) in [5, 5.41) is 12.2. The number of para-hydroxylation sites is 1. The van der Waals surface area contributed by atoms with Crippen LogP contribution in [0, 0.1) is 0 Å². The van der Waals surface area contributed by atoms with Crippen molar-refractivity contribution in [1.29, 1.82) is 0 Å². The van der Waals surface area contributed by atoms with Gasteiger partial charge in [0.2, 0.25) is 11.8 Å². The second-order valence-corrected chi connectivity index (χ2v) is 9.63. The van der Waals surface area contributed by atoms with Gasteiger partial charge in [-0.3, -0.25) is 29.0 Å². The maximum Gasteiger partial charge on any atom is 0.323 e. The van der Waals surface area contributed by atoms with E-state index in [2.05, 4.69) is 5.32 Å². The molecule has 0 radical (unpaired) electrons. The summed E-state index contributed by atoms with van der Waals surface area (Å²) >= 11 is 0. The molecular formula is C30H33N5O5. The molecule has 5 rings (SSSR count). The number of amides is 3. The molecule has 208 valence electrons. The highest BCUT2D eigenvalue weighted by Crippen LogP contribution is 2.33. The van der Waals surface area contributed by atoms with Gasteiger partial charge in [-0.2, -0.15) is 0 Å². The number of rotatable bonds is 7. The molecule has 0 aliphatic carbocycles. The quantitative estimate of drug-likeness (QED) is 0.355. The predicted octanol–water partition coefficient (Wildman–Crippen LogP) is 2.06. The van der Waals surface area contributed by atoms with Crippen molar-refractivity contribution in [2.24, 2.45) is 11.5 Å². The van der Waals surface area contributed by atoms with Crippen LogP contribution in [0.1, 0.15) is 34.3 Å². The number of nitrogens with two attached hydrogens (primary N) is 2. The molecule has 2 heterocycles. The number of hydrogen-bond donors (Lipinski definition) is 4. The maximum absolute atomic E-state index is 12.6. The first-order chi connectivity index (χ1) is 19.3. The molecule has 3 aromatic rings. The number of primary amides is 1. The highest BCUT2D eigenvalue weighted by atomic mass is 16.4. The molecular weight excluding hydrogens is 510 g/mol. The molecule has 40 heavy (non-hydrogen) atoms. The normalized spacial score (nSPS) is 17.4. The van der Waals surface area contributed by atoms with Crippen molar-refractivity contribution in [2.75, 3.05) is 22.9 Å². The van der Waals surface area contributed by atoms with Gasteiger partial charge in [0.05, 0.1) is 6.04 Å². The van der Waals surface area contributed by atoms with Gasteiger partial charge in [-0.1, -0.05) is 48.5 Å². The van der Waals surface area contributed by atoms with Crippen LogP contribution in [0.4, 0.5) is 11.4 Å². The van der Waals surface area contributed by atoms with Crippen LogP contribution in [-0.2, 0) is 27.3 Å². The number of benzene rings is 3. The van der Waals surface area contributed by atoms with Crippen LogP contribution in [0.15, 0.2) is 78.9 Å². The molecule has 10 nitrogen and oxygen atoms in total. The van der Waals surface area contributed by atoms with E-state index in [4.69, 9.17) is 16.6 Å². The Morgan fingerprint density at radius 1 is 0.975 bits per heavy atom. The summed E-state index contributed by atoms with van der Waals surface area (Å²) < 4.78 is 0. The first-order valence-electron chi connectivity index (χ1n) is 13.1. The lowest BCUT2D eigenvalue weighted by Crippen LogP contribution is -2.51. The van der Waals surface area contributed by atoms with E-state index in [1.165, 1.54) is 4.90 Å². The van der Waals surface area contributed by atoms with Gasteiger partial charge in [0.25, 0.3) is 5.91 Å². The lowest BCUT2D eigenvalue weighted by molar-refractivity contribution is -0.135. The van der Waals surface area contributed by atoms with Gasteiger partial charge in [-0.25, -0.2) is 0 Å². The molecule has 0 saturated carbocycles. The third-order valence-electron chi connectivity index (χ3n) is 6.92. The summed E-state index contributed by atoms with van der Waals surface area (Å²) in [6.45, 7) is 0.781. The fraction of sp³-hybridized carbons (Fsp3) is 0.267. The molecule has 2 atom stereocenters. The Morgan fingerprint density at radius 2 is 1.70 bits per heavy atom. The van der Waals surface area contributed by atoms with E-state index in [9.17, 15) is 19.2 Å². The average molecular weight is 544 g/mol. The van der Waals surface area contributed by atoms with Crippen LogP contribution in [0.3, 0.4) is 0 Å². The zero-order valence-corrected chi connectivity index (χ0v) is 22.0. The molecule has 0 spiro atoms. The number of hydrogen-bond acceptors (Lipinski definition) is 6. The molecule has 10 heteroatoms. The Bertz CT molecular complexity index is 1370. The third kappa shape index (κ3) is 6.53. The Balaban J connectivity index is 0.000000186. The monoisotopic (exact) mass is 543 g/mol. The second kappa shape index (κ2) is 13.0. The van der Waals surface area contributed by atoms with Crippen molar-refractivity contribution >= 4 is 35.1 Å². The number of carboxylic acids is 1. The van der Waals surface area contributed by atoms with E-state index in [0.717, 1.165) is 36.2 Å². The Morgan fingerprint density at radius 3 is 2.35 bits per heavy atom. The zero-order chi connectivity index (χ0) is 28.6. The van der Waals surface area contributed by atoms with Crippen LogP contribution in [0.25, 0.3) is 0 Å². The number of carbonyl (C=O) groups is 4. The van der Waals surface area contributed by atoms with E-state index in [-0.39, 0.29) is 17.9 Å². The van der Waals surface area contributed by atoms with E-state index < -0.39 is 24.5 Å². The molecule has 0 aromatic heterocycles. The van der Waals surface area contributed by atoms with Gasteiger partial charge in [-0.15, -0.1) is 0 Å². The summed E-state index contributed by atoms with van der Waals surface area (Å²) in [4.78, 5) is 50.6. The zero-order valence-electron chi connectivity index (χ0n) is 22.0. The second-order valence-electron chi connectivity index (χ2n) is 9.63. The largest absolute Gasteiger partial charge is 0.480 e. The number of aliphatic carboxylic acids is 1. The lowest BCUT2D eigenvalue weighted by atomic mass is 10.1. The standard InChI is InChI=1S/C16H16N2O3.C14H17N3O2/c17-10-12-5-4-8-14(9-12)18(11-15(19)20)16(21)13-6-2-1-3-7-13;15-13(18)12-8-9-4-1-2-6-11(9)17(12)14(19)10-5-3-7-16-10/h1-9H,10-11,17H2,(H,19,20);1-2,4,6,10,12,16H,3,5,7-8H2,(H2,15,18)/t;10-,12?/m.0/s1. The first kappa shape index (κ1) is 28.5. The molecule has 2 aliphatic rings. The number of nitrogens with zero attached hydrogens (tertiary/aromatic N) is 2. The summed E-state index contributed by atoms with van der Waals surface area (Å²) in [5.41, 5.74) is 14.7. The third-order valence-corrected chi connectivity index (χ3v) is 6.92. The minimum Gasteiger partial charge on any atom is -0.480 e. The average Bonchev–Trinajstić information content (AvgIpc) is 3.65. The van der Waals surface area contributed by atoms with Crippen LogP contribution in [0.5, 0.6) is 0 Å². The van der Waals surface area contributed by atoms with Crippen molar-refractivity contribution < 1.29 is 24.3 Å². The molecule has 1 unspecified atom stereocenters.